The summed E-state index contributed by atoms with van der Waals surface area (Å²) in [5, 5.41) is 0. The molecule has 1 atom stereocenters. The fraction of sp³-hybridized carbons (Fsp3) is 0.600. The lowest BCUT2D eigenvalue weighted by Crippen LogP contribution is -2.75. The molecule has 0 aliphatic rings. The van der Waals surface area contributed by atoms with Crippen molar-refractivity contribution in [1.82, 2.24) is 0 Å². The molecule has 5 nitrogen and oxygen atoms in total. The molecule has 0 radical (unpaired) electrons. The van der Waals surface area contributed by atoms with Crippen LogP contribution in [0.15, 0.2) is 17.1 Å². The zero-order chi connectivity index (χ0) is 11.9. The molecule has 0 bridgehead atoms. The van der Waals surface area contributed by atoms with Gasteiger partial charge < -0.3 is 16.2 Å². The number of carbonyl (C=O) groups excluding carboxylic acids is 1. The maximum atomic E-state index is 11.2. The van der Waals surface area contributed by atoms with Gasteiger partial charge in [0.05, 0.1) is 19.5 Å². The van der Waals surface area contributed by atoms with Gasteiger partial charge in [-0.15, -0.1) is 0 Å². The summed E-state index contributed by atoms with van der Waals surface area (Å²) in [6, 6.07) is 0. The molecule has 86 valence electrons. The van der Waals surface area contributed by atoms with Gasteiger partial charge in [0.1, 0.15) is 0 Å². The molecule has 0 aliphatic heterocycles. The first-order valence-corrected chi connectivity index (χ1v) is 4.75. The van der Waals surface area contributed by atoms with Crippen LogP contribution in [-0.4, -0.2) is 31.0 Å². The molecule has 0 saturated heterocycles. The Hall–Kier alpha value is -1.36. The van der Waals surface area contributed by atoms with E-state index in [0.717, 1.165) is 0 Å². The molecule has 0 aliphatic carbocycles. The highest BCUT2D eigenvalue weighted by Gasteiger charge is 2.32. The summed E-state index contributed by atoms with van der Waals surface area (Å²) in [7, 11) is 1.36. The summed E-state index contributed by atoms with van der Waals surface area (Å²) >= 11 is 0. The topological polar surface area (TPSA) is 92.3 Å². The minimum Gasteiger partial charge on any atom is -0.464 e. The van der Waals surface area contributed by atoms with Crippen LogP contribution in [0.25, 0.3) is 0 Å². The molecule has 0 heterocycles. The van der Waals surface area contributed by atoms with E-state index < -0.39 is 5.54 Å². The molecule has 5 N–H and O–H groups in total. The third-order valence-corrected chi connectivity index (χ3v) is 1.86. The van der Waals surface area contributed by atoms with Gasteiger partial charge in [-0.05, 0) is 6.92 Å². The van der Waals surface area contributed by atoms with Crippen LogP contribution in [0, 0.1) is 0 Å². The lowest BCUT2D eigenvalue weighted by Gasteiger charge is -2.15. The van der Waals surface area contributed by atoms with Crippen LogP contribution in [0.4, 0.5) is 0 Å². The van der Waals surface area contributed by atoms with E-state index in [-0.39, 0.29) is 5.97 Å². The van der Waals surface area contributed by atoms with Crippen molar-refractivity contribution in [2.24, 2.45) is 10.7 Å². The van der Waals surface area contributed by atoms with E-state index >= 15 is 0 Å². The van der Waals surface area contributed by atoms with Gasteiger partial charge in [-0.2, -0.15) is 0 Å². The molecule has 0 saturated carbocycles. The Morgan fingerprint density at radius 1 is 1.60 bits per heavy atom. The SMILES string of the molecule is COC(=O)[C@@](C)([NH3+])C/C=C/CN=C(C)N. The number of ether oxygens (including phenoxy) is 1. The van der Waals surface area contributed by atoms with Crippen LogP contribution < -0.4 is 11.5 Å². The van der Waals surface area contributed by atoms with Crippen molar-refractivity contribution in [2.75, 3.05) is 13.7 Å². The molecule has 15 heavy (non-hydrogen) atoms. The highest BCUT2D eigenvalue weighted by Crippen LogP contribution is 2.05. The van der Waals surface area contributed by atoms with Gasteiger partial charge in [-0.1, -0.05) is 12.2 Å². The molecule has 0 fully saturated rings. The summed E-state index contributed by atoms with van der Waals surface area (Å²) in [5.74, 6) is 0.232. The van der Waals surface area contributed by atoms with Crippen LogP contribution in [0.5, 0.6) is 0 Å². The average molecular weight is 214 g/mol. The van der Waals surface area contributed by atoms with Crippen molar-refractivity contribution in [2.45, 2.75) is 25.8 Å². The van der Waals surface area contributed by atoms with Gasteiger partial charge in [0.25, 0.3) is 0 Å². The van der Waals surface area contributed by atoms with E-state index in [2.05, 4.69) is 15.5 Å². The monoisotopic (exact) mass is 214 g/mol. The van der Waals surface area contributed by atoms with Gasteiger partial charge in [0.15, 0.2) is 5.54 Å². The number of aliphatic imine (C=N–C) groups is 1. The number of methoxy groups -OCH3 is 1. The minimum absolute atomic E-state index is 0.314. The Balaban J connectivity index is 4.04. The third-order valence-electron chi connectivity index (χ3n) is 1.86. The van der Waals surface area contributed by atoms with E-state index in [9.17, 15) is 4.79 Å². The fourth-order valence-electron chi connectivity index (χ4n) is 0.944. The third kappa shape index (κ3) is 5.85. The van der Waals surface area contributed by atoms with E-state index in [1.807, 2.05) is 12.2 Å². The molecule has 0 unspecified atom stereocenters. The van der Waals surface area contributed by atoms with Crippen molar-refractivity contribution in [3.63, 3.8) is 0 Å². The largest absolute Gasteiger partial charge is 0.464 e. The number of nitrogens with two attached hydrogens (primary N) is 1. The minimum atomic E-state index is -0.729. The van der Waals surface area contributed by atoms with Gasteiger partial charge >= 0.3 is 5.97 Å². The summed E-state index contributed by atoms with van der Waals surface area (Å²) < 4.78 is 4.63. The van der Waals surface area contributed by atoms with Crippen molar-refractivity contribution in [3.05, 3.63) is 12.2 Å². The lowest BCUT2D eigenvalue weighted by molar-refractivity contribution is -0.455. The van der Waals surface area contributed by atoms with Crippen molar-refractivity contribution >= 4 is 11.8 Å². The molecule has 0 amide bonds. The van der Waals surface area contributed by atoms with Gasteiger partial charge in [-0.25, -0.2) is 4.79 Å². The Bertz CT molecular complexity index is 266. The van der Waals surface area contributed by atoms with Crippen molar-refractivity contribution < 1.29 is 15.3 Å². The second-order valence-electron chi connectivity index (χ2n) is 3.71. The first-order valence-electron chi connectivity index (χ1n) is 4.75. The first kappa shape index (κ1) is 13.6. The Labute approximate surface area is 90.2 Å². The zero-order valence-corrected chi connectivity index (χ0v) is 9.62. The molecule has 0 spiro atoms. The Morgan fingerprint density at radius 2 is 2.20 bits per heavy atom. The van der Waals surface area contributed by atoms with Crippen LogP contribution in [0.2, 0.25) is 0 Å². The molecule has 0 rings (SSSR count). The lowest BCUT2D eigenvalue weighted by atomic mass is 9.99. The zero-order valence-electron chi connectivity index (χ0n) is 9.62. The molecule has 5 heteroatoms. The summed E-state index contributed by atoms with van der Waals surface area (Å²) in [5.41, 5.74) is 8.42. The molecular weight excluding hydrogens is 194 g/mol. The molecular formula is C10H20N3O2+. The van der Waals surface area contributed by atoms with E-state index in [4.69, 9.17) is 5.73 Å². The van der Waals surface area contributed by atoms with Crippen LogP contribution in [0.1, 0.15) is 20.3 Å². The summed E-state index contributed by atoms with van der Waals surface area (Å²) in [6.45, 7) is 3.99. The predicted octanol–water partition coefficient (Wildman–Crippen LogP) is -0.517. The number of esters is 1. The summed E-state index contributed by atoms with van der Waals surface area (Å²) in [4.78, 5) is 15.2. The Morgan fingerprint density at radius 3 is 2.67 bits per heavy atom. The van der Waals surface area contributed by atoms with Crippen molar-refractivity contribution in [1.29, 1.82) is 0 Å². The smallest absolute Gasteiger partial charge is 0.367 e. The highest BCUT2D eigenvalue weighted by atomic mass is 16.5. The molecule has 0 aromatic rings. The normalized spacial score (nSPS) is 16.4. The maximum Gasteiger partial charge on any atom is 0.367 e. The number of carbonyl (C=O) groups is 1. The highest BCUT2D eigenvalue weighted by molar-refractivity contribution is 5.78. The van der Waals surface area contributed by atoms with E-state index in [1.165, 1.54) is 7.11 Å². The molecule has 0 aromatic heterocycles. The summed E-state index contributed by atoms with van der Waals surface area (Å²) in [6.07, 6.45) is 4.23. The van der Waals surface area contributed by atoms with Gasteiger partial charge in [0, 0.05) is 13.3 Å². The van der Waals surface area contributed by atoms with E-state index in [1.54, 1.807) is 13.8 Å². The Kier molecular flexibility index (Phi) is 5.62. The number of quaternary nitrogens is 1. The van der Waals surface area contributed by atoms with Gasteiger partial charge in [0.2, 0.25) is 0 Å². The van der Waals surface area contributed by atoms with Crippen LogP contribution in [-0.2, 0) is 9.53 Å². The standard InChI is InChI=1S/C10H19N3O2/c1-8(11)13-7-5-4-6-10(2,12)9(14)15-3/h4-5H,6-7,12H2,1-3H3,(H2,11,13)/p+1/b5-4+/t10-/m0/s1. The average Bonchev–Trinajstić information content (AvgIpc) is 2.15. The number of hydrogen-bond donors (Lipinski definition) is 2. The number of hydrogen-bond acceptors (Lipinski definition) is 3. The van der Waals surface area contributed by atoms with Crippen LogP contribution >= 0.6 is 0 Å². The van der Waals surface area contributed by atoms with Crippen LogP contribution in [0.3, 0.4) is 0 Å². The number of nitrogens with zero attached hydrogens (tertiary/aromatic N) is 1. The van der Waals surface area contributed by atoms with Crippen molar-refractivity contribution in [3.8, 4) is 0 Å². The quantitative estimate of drug-likeness (QED) is 0.279. The number of rotatable bonds is 5. The van der Waals surface area contributed by atoms with E-state index in [0.29, 0.717) is 18.8 Å². The maximum absolute atomic E-state index is 11.2. The first-order chi connectivity index (χ1) is 6.90. The van der Waals surface area contributed by atoms with Gasteiger partial charge in [-0.3, -0.25) is 4.99 Å². The predicted molar refractivity (Wildman–Crippen MR) is 59.2 cm³/mol. The number of amidine groups is 1. The second kappa shape index (κ2) is 6.19. The molecule has 0 aromatic carbocycles. The fourth-order valence-corrected chi connectivity index (χ4v) is 0.944. The second-order valence-corrected chi connectivity index (χ2v) is 3.71.